The number of ether oxygens (including phenoxy) is 12. The van der Waals surface area contributed by atoms with E-state index in [4.69, 9.17) is 62.6 Å². The number of likely N-dealkylation sites (N-methyl/N-ethyl adjacent to an activating group) is 1. The van der Waals surface area contributed by atoms with Gasteiger partial charge in [0.25, 0.3) is 0 Å². The number of hydrogen-bond donors (Lipinski definition) is 6. The summed E-state index contributed by atoms with van der Waals surface area (Å²) in [5.41, 5.74) is 6.41. The van der Waals surface area contributed by atoms with Crippen molar-refractivity contribution in [2.24, 2.45) is 10.7 Å². The van der Waals surface area contributed by atoms with E-state index in [0.29, 0.717) is 144 Å². The first-order valence-electron chi connectivity index (χ1n) is 19.4. The van der Waals surface area contributed by atoms with E-state index in [9.17, 15) is 15.0 Å². The van der Waals surface area contributed by atoms with Crippen LogP contribution in [0, 0.1) is 0 Å². The Labute approximate surface area is 334 Å². The Morgan fingerprint density at radius 2 is 1.14 bits per heavy atom. The molecule has 3 heterocycles. The molecule has 0 bridgehead atoms. The van der Waals surface area contributed by atoms with Crippen LogP contribution in [0.1, 0.15) is 18.1 Å². The van der Waals surface area contributed by atoms with Crippen LogP contribution in [0.25, 0.3) is 0 Å². The Kier molecular flexibility index (Phi) is 27.8. The predicted molar refractivity (Wildman–Crippen MR) is 203 cm³/mol. The van der Waals surface area contributed by atoms with Crippen molar-refractivity contribution in [2.75, 3.05) is 171 Å². The van der Waals surface area contributed by atoms with Crippen LogP contribution in [0.2, 0.25) is 0 Å². The second-order valence-electron chi connectivity index (χ2n) is 12.4. The lowest BCUT2D eigenvalue weighted by atomic mass is 10.1. The smallest absolute Gasteiger partial charge is 0.246 e. The summed E-state index contributed by atoms with van der Waals surface area (Å²) in [7, 11) is 1.89. The molecule has 1 unspecified atom stereocenters. The fourth-order valence-corrected chi connectivity index (χ4v) is 5.12. The normalized spacial score (nSPS) is 20.2. The van der Waals surface area contributed by atoms with Gasteiger partial charge in [0.1, 0.15) is 42.6 Å². The standard InChI is InChI=1S/C35H65N7O15/c1-37-2-4-46-6-8-48-10-12-50-14-16-52-18-20-54-22-23-55-21-19-53-17-15-51-13-11-49-9-7-47-5-3-38-29(43)25-56-24-28-31(44)32(45)35(57-28)42-27-41-30-33(36)39-26-40-34(30)42/h26-28,31-33,35,37,44-45H,2-25,36H2,1H3,(H,38,43)(H,39,40)/t28-,31-,32-,33?,35-/m1/s1. The number of aromatic nitrogens is 2. The molecule has 1 aromatic rings. The number of hydrogen-bond acceptors (Lipinski definition) is 20. The summed E-state index contributed by atoms with van der Waals surface area (Å²) in [6.07, 6.45) is -2.02. The molecule has 0 aliphatic carbocycles. The maximum absolute atomic E-state index is 12.1. The summed E-state index contributed by atoms with van der Waals surface area (Å²) < 4.78 is 67.3. The van der Waals surface area contributed by atoms with Crippen molar-refractivity contribution in [1.82, 2.24) is 20.2 Å². The number of aliphatic hydroxyl groups excluding tert-OH is 2. The van der Waals surface area contributed by atoms with Crippen LogP contribution < -0.4 is 21.7 Å². The number of imidazole rings is 1. The number of aliphatic imine (C=N–C) groups is 1. The van der Waals surface area contributed by atoms with Gasteiger partial charge in [0.2, 0.25) is 5.91 Å². The van der Waals surface area contributed by atoms with Crippen molar-refractivity contribution < 1.29 is 71.8 Å². The zero-order chi connectivity index (χ0) is 40.6. The molecule has 22 heteroatoms. The molecule has 22 nitrogen and oxygen atoms in total. The first-order valence-corrected chi connectivity index (χ1v) is 19.4. The van der Waals surface area contributed by atoms with Gasteiger partial charge in [0.05, 0.1) is 151 Å². The summed E-state index contributed by atoms with van der Waals surface area (Å²) in [6, 6.07) is 0. The molecule has 57 heavy (non-hydrogen) atoms. The van der Waals surface area contributed by atoms with Gasteiger partial charge in [-0.05, 0) is 7.05 Å². The fraction of sp³-hybridized carbons (Fsp3) is 0.857. The van der Waals surface area contributed by atoms with Crippen molar-refractivity contribution in [2.45, 2.75) is 30.7 Å². The number of rotatable bonds is 38. The number of nitrogens with two attached hydrogens (primary N) is 1. The van der Waals surface area contributed by atoms with Crippen LogP contribution in [0.5, 0.6) is 0 Å². The van der Waals surface area contributed by atoms with E-state index in [1.165, 1.54) is 12.7 Å². The van der Waals surface area contributed by atoms with Crippen molar-refractivity contribution >= 4 is 18.1 Å². The van der Waals surface area contributed by atoms with Crippen molar-refractivity contribution in [1.29, 1.82) is 0 Å². The molecule has 0 spiro atoms. The summed E-state index contributed by atoms with van der Waals surface area (Å²) in [6.45, 7) is 10.4. The van der Waals surface area contributed by atoms with E-state index in [2.05, 4.69) is 25.9 Å². The minimum atomic E-state index is -1.25. The lowest BCUT2D eigenvalue weighted by Gasteiger charge is -2.21. The quantitative estimate of drug-likeness (QED) is 0.0375. The van der Waals surface area contributed by atoms with Gasteiger partial charge < -0.3 is 88.7 Å². The average molecular weight is 824 g/mol. The summed E-state index contributed by atoms with van der Waals surface area (Å²) in [5.74, 6) is 0.160. The van der Waals surface area contributed by atoms with Gasteiger partial charge in [-0.2, -0.15) is 0 Å². The molecular formula is C35H65N7O15. The van der Waals surface area contributed by atoms with Gasteiger partial charge >= 0.3 is 0 Å². The number of fused-ring (bicyclic) bond motifs is 1. The number of nitrogens with zero attached hydrogens (tertiary/aromatic N) is 3. The molecule has 1 amide bonds. The third-order valence-electron chi connectivity index (χ3n) is 8.08. The Morgan fingerprint density at radius 3 is 1.60 bits per heavy atom. The van der Waals surface area contributed by atoms with Gasteiger partial charge in [-0.1, -0.05) is 0 Å². The highest BCUT2D eigenvalue weighted by atomic mass is 16.6. The maximum atomic E-state index is 12.1. The van der Waals surface area contributed by atoms with Gasteiger partial charge in [-0.3, -0.25) is 14.4 Å². The summed E-state index contributed by atoms with van der Waals surface area (Å²) in [5, 5.41) is 29.6. The topological polar surface area (TPSA) is 261 Å². The van der Waals surface area contributed by atoms with Gasteiger partial charge in [-0.15, -0.1) is 0 Å². The molecule has 2 aliphatic rings. The summed E-state index contributed by atoms with van der Waals surface area (Å²) in [4.78, 5) is 20.4. The number of carbonyl (C=O) groups excluding carboxylic acids is 1. The van der Waals surface area contributed by atoms with Crippen LogP contribution >= 0.6 is 0 Å². The SMILES string of the molecule is CNCCOCCOCCOCCOCCOCCOCCOCCOCCOCCOCCNC(=O)COC[C@H]1O[C@@H](n2cnc3c2NC=NC3N)[C@H](O)[C@@H]1O. The third kappa shape index (κ3) is 21.4. The van der Waals surface area contributed by atoms with Gasteiger partial charge in [0, 0.05) is 13.1 Å². The van der Waals surface area contributed by atoms with E-state index in [-0.39, 0.29) is 25.7 Å². The van der Waals surface area contributed by atoms with Crippen LogP contribution in [-0.4, -0.2) is 216 Å². The molecular weight excluding hydrogens is 758 g/mol. The number of amides is 1. The van der Waals surface area contributed by atoms with Crippen LogP contribution in [-0.2, 0) is 61.6 Å². The second-order valence-corrected chi connectivity index (χ2v) is 12.4. The minimum absolute atomic E-state index is 0.104. The van der Waals surface area contributed by atoms with E-state index >= 15 is 0 Å². The van der Waals surface area contributed by atoms with E-state index in [1.807, 2.05) is 7.05 Å². The van der Waals surface area contributed by atoms with E-state index < -0.39 is 30.7 Å². The molecule has 7 N–H and O–H groups in total. The molecule has 0 saturated carbocycles. The molecule has 3 rings (SSSR count). The lowest BCUT2D eigenvalue weighted by Crippen LogP contribution is -2.36. The molecule has 0 aromatic carbocycles. The molecule has 2 aliphatic heterocycles. The molecule has 5 atom stereocenters. The Hall–Kier alpha value is -2.49. The minimum Gasteiger partial charge on any atom is -0.387 e. The molecule has 330 valence electrons. The van der Waals surface area contributed by atoms with E-state index in [1.54, 1.807) is 4.57 Å². The Morgan fingerprint density at radius 1 is 0.702 bits per heavy atom. The van der Waals surface area contributed by atoms with Crippen LogP contribution in [0.3, 0.4) is 0 Å². The number of carbonyl (C=O) groups is 1. The predicted octanol–water partition coefficient (Wildman–Crippen LogP) is -2.57. The number of nitrogens with one attached hydrogen (secondary N) is 3. The largest absolute Gasteiger partial charge is 0.387 e. The van der Waals surface area contributed by atoms with Crippen molar-refractivity contribution in [3.8, 4) is 0 Å². The molecule has 1 saturated heterocycles. The van der Waals surface area contributed by atoms with Crippen LogP contribution in [0.15, 0.2) is 11.3 Å². The zero-order valence-corrected chi connectivity index (χ0v) is 33.1. The Balaban J connectivity index is 0.973. The summed E-state index contributed by atoms with van der Waals surface area (Å²) >= 11 is 0. The van der Waals surface area contributed by atoms with Crippen molar-refractivity contribution in [3.05, 3.63) is 12.0 Å². The maximum Gasteiger partial charge on any atom is 0.246 e. The van der Waals surface area contributed by atoms with Gasteiger partial charge in [0.15, 0.2) is 6.23 Å². The highest BCUT2D eigenvalue weighted by Gasteiger charge is 2.45. The third-order valence-corrected chi connectivity index (χ3v) is 8.08. The highest BCUT2D eigenvalue weighted by Crippen LogP contribution is 2.34. The zero-order valence-electron chi connectivity index (χ0n) is 33.1. The average Bonchev–Trinajstić information content (AvgIpc) is 3.77. The van der Waals surface area contributed by atoms with Gasteiger partial charge in [-0.25, -0.2) is 4.98 Å². The fourth-order valence-electron chi connectivity index (χ4n) is 5.12. The molecule has 1 aromatic heterocycles. The number of anilines is 1. The van der Waals surface area contributed by atoms with Crippen LogP contribution in [0.4, 0.5) is 5.82 Å². The van der Waals surface area contributed by atoms with Crippen molar-refractivity contribution in [3.63, 3.8) is 0 Å². The monoisotopic (exact) mass is 823 g/mol. The number of aliphatic hydroxyl groups is 2. The first-order chi connectivity index (χ1) is 28.0. The highest BCUT2D eigenvalue weighted by molar-refractivity contribution is 5.78. The first kappa shape index (κ1) is 48.9. The second kappa shape index (κ2) is 32.4. The Bertz CT molecular complexity index is 1170. The molecule has 1 fully saturated rings. The lowest BCUT2D eigenvalue weighted by molar-refractivity contribution is -0.128. The van der Waals surface area contributed by atoms with E-state index in [0.717, 1.165) is 6.54 Å². The molecule has 0 radical (unpaired) electrons.